The predicted octanol–water partition coefficient (Wildman–Crippen LogP) is 4.11. The molecule has 0 bridgehead atoms. The van der Waals surface area contributed by atoms with Crippen molar-refractivity contribution in [3.8, 4) is 22.7 Å². The fourth-order valence-electron chi connectivity index (χ4n) is 4.07. The van der Waals surface area contributed by atoms with Gasteiger partial charge in [0.15, 0.2) is 5.89 Å². The summed E-state index contributed by atoms with van der Waals surface area (Å²) in [5.74, 6) is 2.27. The standard InChI is InChI=1S/C25H23FN4O3/c1-16-27-21-10-11-29(15-23(21)33-16)25(31)13-24-28-22(17-4-3-5-20(12-17)32-2)14-30(24)19-8-6-18(26)7-9-19/h3-9,12,14H,10-11,13,15H2,1-2H3. The van der Waals surface area contributed by atoms with Crippen molar-refractivity contribution in [1.29, 1.82) is 0 Å². The van der Waals surface area contributed by atoms with Gasteiger partial charge in [-0.25, -0.2) is 14.4 Å². The average molecular weight is 446 g/mol. The number of carbonyl (C=O) groups excluding carboxylic acids is 1. The first-order chi connectivity index (χ1) is 16.0. The first-order valence-electron chi connectivity index (χ1n) is 10.7. The van der Waals surface area contributed by atoms with Crippen LogP contribution in [0.4, 0.5) is 4.39 Å². The molecular formula is C25H23FN4O3. The number of fused-ring (bicyclic) bond motifs is 1. The molecule has 5 rings (SSSR count). The van der Waals surface area contributed by atoms with Gasteiger partial charge in [0.25, 0.3) is 0 Å². The van der Waals surface area contributed by atoms with Gasteiger partial charge < -0.3 is 18.6 Å². The SMILES string of the molecule is COc1cccc(-c2cn(-c3ccc(F)cc3)c(CC(=O)N3CCc4nc(C)oc4C3)n2)c1. The van der Waals surface area contributed by atoms with Crippen LogP contribution >= 0.6 is 0 Å². The van der Waals surface area contributed by atoms with Gasteiger partial charge >= 0.3 is 0 Å². The second kappa shape index (κ2) is 8.54. The third kappa shape index (κ3) is 4.24. The lowest BCUT2D eigenvalue weighted by molar-refractivity contribution is -0.131. The number of ether oxygens (including phenoxy) is 1. The van der Waals surface area contributed by atoms with Crippen molar-refractivity contribution < 1.29 is 18.3 Å². The molecule has 1 aliphatic rings. The van der Waals surface area contributed by atoms with Crippen molar-refractivity contribution in [2.24, 2.45) is 0 Å². The fourth-order valence-corrected chi connectivity index (χ4v) is 4.07. The molecule has 1 amide bonds. The van der Waals surface area contributed by atoms with Gasteiger partial charge in [-0.3, -0.25) is 4.79 Å². The number of nitrogens with zero attached hydrogens (tertiary/aromatic N) is 4. The normalized spacial score (nSPS) is 13.1. The molecule has 1 aliphatic heterocycles. The van der Waals surface area contributed by atoms with E-state index in [0.717, 1.165) is 22.7 Å². The molecule has 33 heavy (non-hydrogen) atoms. The highest BCUT2D eigenvalue weighted by Crippen LogP contribution is 2.26. The molecule has 3 heterocycles. The zero-order valence-electron chi connectivity index (χ0n) is 18.4. The Bertz CT molecular complexity index is 1310. The van der Waals surface area contributed by atoms with E-state index in [2.05, 4.69) is 4.98 Å². The number of oxazole rings is 1. The Morgan fingerprint density at radius 2 is 2.00 bits per heavy atom. The maximum atomic E-state index is 13.5. The van der Waals surface area contributed by atoms with E-state index >= 15 is 0 Å². The zero-order valence-corrected chi connectivity index (χ0v) is 18.4. The summed E-state index contributed by atoms with van der Waals surface area (Å²) in [6.07, 6.45) is 2.63. The van der Waals surface area contributed by atoms with E-state index in [0.29, 0.717) is 42.7 Å². The van der Waals surface area contributed by atoms with Crippen molar-refractivity contribution in [2.75, 3.05) is 13.7 Å². The lowest BCUT2D eigenvalue weighted by atomic mass is 10.1. The summed E-state index contributed by atoms with van der Waals surface area (Å²) in [6, 6.07) is 13.7. The highest BCUT2D eigenvalue weighted by molar-refractivity contribution is 5.79. The first kappa shape index (κ1) is 20.9. The van der Waals surface area contributed by atoms with Crippen LogP contribution in [0, 0.1) is 12.7 Å². The van der Waals surface area contributed by atoms with E-state index in [1.54, 1.807) is 24.1 Å². The molecule has 0 aliphatic carbocycles. The van der Waals surface area contributed by atoms with Gasteiger partial charge in [0.1, 0.15) is 23.2 Å². The molecule has 4 aromatic rings. The first-order valence-corrected chi connectivity index (χ1v) is 10.7. The van der Waals surface area contributed by atoms with Gasteiger partial charge in [0.2, 0.25) is 5.91 Å². The number of amides is 1. The van der Waals surface area contributed by atoms with Crippen LogP contribution in [0.3, 0.4) is 0 Å². The quantitative estimate of drug-likeness (QED) is 0.461. The van der Waals surface area contributed by atoms with E-state index in [9.17, 15) is 9.18 Å². The van der Waals surface area contributed by atoms with E-state index in [-0.39, 0.29) is 18.1 Å². The number of carbonyl (C=O) groups is 1. The molecule has 0 saturated carbocycles. The van der Waals surface area contributed by atoms with Crippen LogP contribution in [0.2, 0.25) is 0 Å². The summed E-state index contributed by atoms with van der Waals surface area (Å²) in [4.78, 5) is 24.1. The van der Waals surface area contributed by atoms with Gasteiger partial charge in [0, 0.05) is 37.3 Å². The Morgan fingerprint density at radius 1 is 1.18 bits per heavy atom. The van der Waals surface area contributed by atoms with Gasteiger partial charge in [0.05, 0.1) is 31.5 Å². The molecule has 0 N–H and O–H groups in total. The van der Waals surface area contributed by atoms with Gasteiger partial charge in [-0.05, 0) is 36.4 Å². The Hall–Kier alpha value is -3.94. The molecule has 168 valence electrons. The highest BCUT2D eigenvalue weighted by atomic mass is 19.1. The van der Waals surface area contributed by atoms with Crippen LogP contribution in [-0.4, -0.2) is 39.0 Å². The molecule has 0 fully saturated rings. The van der Waals surface area contributed by atoms with Crippen molar-refractivity contribution in [2.45, 2.75) is 26.3 Å². The Kier molecular flexibility index (Phi) is 5.42. The van der Waals surface area contributed by atoms with Crippen LogP contribution in [-0.2, 0) is 24.2 Å². The molecule has 7 nitrogen and oxygen atoms in total. The lowest BCUT2D eigenvalue weighted by Gasteiger charge is -2.25. The number of aromatic nitrogens is 3. The highest BCUT2D eigenvalue weighted by Gasteiger charge is 2.26. The third-order valence-electron chi connectivity index (χ3n) is 5.75. The van der Waals surface area contributed by atoms with Crippen molar-refractivity contribution in [3.63, 3.8) is 0 Å². The number of hydrogen-bond acceptors (Lipinski definition) is 5. The molecule has 0 spiro atoms. The Morgan fingerprint density at radius 3 is 2.79 bits per heavy atom. The number of aryl methyl sites for hydroxylation is 1. The number of halogens is 1. The molecule has 0 atom stereocenters. The second-order valence-electron chi connectivity index (χ2n) is 7.97. The van der Waals surface area contributed by atoms with Crippen LogP contribution in [0.1, 0.15) is 23.2 Å². The topological polar surface area (TPSA) is 73.4 Å². The third-order valence-corrected chi connectivity index (χ3v) is 5.75. The molecule has 0 unspecified atom stereocenters. The minimum absolute atomic E-state index is 0.0548. The van der Waals surface area contributed by atoms with Crippen molar-refractivity contribution in [1.82, 2.24) is 19.4 Å². The number of hydrogen-bond donors (Lipinski definition) is 0. The molecular weight excluding hydrogens is 423 g/mol. The maximum absolute atomic E-state index is 13.5. The maximum Gasteiger partial charge on any atom is 0.230 e. The van der Waals surface area contributed by atoms with Crippen LogP contribution in [0.5, 0.6) is 5.75 Å². The van der Waals surface area contributed by atoms with Crippen LogP contribution < -0.4 is 4.74 Å². The summed E-state index contributed by atoms with van der Waals surface area (Å²) >= 11 is 0. The minimum atomic E-state index is -0.323. The Balaban J connectivity index is 1.46. The Labute approximate surface area is 190 Å². The summed E-state index contributed by atoms with van der Waals surface area (Å²) in [5, 5.41) is 0. The van der Waals surface area contributed by atoms with Gasteiger partial charge in [-0.1, -0.05) is 12.1 Å². The van der Waals surface area contributed by atoms with Crippen LogP contribution in [0.25, 0.3) is 16.9 Å². The number of methoxy groups -OCH3 is 1. The number of benzene rings is 2. The molecule has 2 aromatic carbocycles. The zero-order chi connectivity index (χ0) is 22.9. The van der Waals surface area contributed by atoms with E-state index in [4.69, 9.17) is 14.1 Å². The van der Waals surface area contributed by atoms with Crippen molar-refractivity contribution >= 4 is 5.91 Å². The largest absolute Gasteiger partial charge is 0.497 e. The fraction of sp³-hybridized carbons (Fsp3) is 0.240. The summed E-state index contributed by atoms with van der Waals surface area (Å²) in [7, 11) is 1.61. The molecule has 0 saturated heterocycles. The number of rotatable bonds is 5. The molecule has 2 aromatic heterocycles. The predicted molar refractivity (Wildman–Crippen MR) is 120 cm³/mol. The molecule has 8 heteroatoms. The number of imidazole rings is 1. The summed E-state index contributed by atoms with van der Waals surface area (Å²) in [6.45, 7) is 2.79. The van der Waals surface area contributed by atoms with Crippen LogP contribution in [0.15, 0.2) is 59.1 Å². The van der Waals surface area contributed by atoms with Gasteiger partial charge in [-0.15, -0.1) is 0 Å². The molecule has 0 radical (unpaired) electrons. The smallest absolute Gasteiger partial charge is 0.230 e. The van der Waals surface area contributed by atoms with Gasteiger partial charge in [-0.2, -0.15) is 0 Å². The van der Waals surface area contributed by atoms with E-state index in [1.165, 1.54) is 12.1 Å². The van der Waals surface area contributed by atoms with Crippen molar-refractivity contribution in [3.05, 3.63) is 83.7 Å². The van der Waals surface area contributed by atoms with E-state index < -0.39 is 0 Å². The summed E-state index contributed by atoms with van der Waals surface area (Å²) < 4.78 is 26.3. The average Bonchev–Trinajstić information content (AvgIpc) is 3.41. The van der Waals surface area contributed by atoms with E-state index in [1.807, 2.05) is 42.0 Å². The minimum Gasteiger partial charge on any atom is -0.497 e. The second-order valence-corrected chi connectivity index (χ2v) is 7.97. The lowest BCUT2D eigenvalue weighted by Crippen LogP contribution is -2.37. The summed E-state index contributed by atoms with van der Waals surface area (Å²) in [5.41, 5.74) is 3.22. The monoisotopic (exact) mass is 446 g/mol.